The minimum Gasteiger partial charge on any atom is -0.496 e. The number of ether oxygens (including phenoxy) is 3. The molecule has 0 spiro atoms. The van der Waals surface area contributed by atoms with Gasteiger partial charge in [-0.1, -0.05) is 0 Å². The molecule has 0 saturated carbocycles. The summed E-state index contributed by atoms with van der Waals surface area (Å²) in [5.41, 5.74) is 1.80. The zero-order valence-corrected chi connectivity index (χ0v) is 11.3. The molecule has 100 valence electrons. The van der Waals surface area contributed by atoms with Gasteiger partial charge in [0, 0.05) is 11.8 Å². The van der Waals surface area contributed by atoms with Crippen LogP contribution in [0.2, 0.25) is 0 Å². The second kappa shape index (κ2) is 5.14. The standard InChI is InChI=1S/C14H15NO4/c1-8-7-11(18-3)12-9(15-8)5-6-10(17-2)13(12)14(16)19-4/h5-7H,1-4H3. The maximum atomic E-state index is 12.0. The largest absolute Gasteiger partial charge is 0.496 e. The SMILES string of the molecule is COC(=O)c1c(OC)ccc2nc(C)cc(OC)c12. The molecule has 0 amide bonds. The Balaban J connectivity index is 2.90. The van der Waals surface area contributed by atoms with E-state index in [4.69, 9.17) is 14.2 Å². The Hall–Kier alpha value is -2.30. The number of methoxy groups -OCH3 is 3. The van der Waals surface area contributed by atoms with E-state index in [1.165, 1.54) is 14.2 Å². The molecule has 0 aliphatic heterocycles. The number of fused-ring (bicyclic) bond motifs is 1. The van der Waals surface area contributed by atoms with Crippen LogP contribution in [0.5, 0.6) is 11.5 Å². The van der Waals surface area contributed by atoms with Crippen molar-refractivity contribution in [3.05, 3.63) is 29.5 Å². The first kappa shape index (κ1) is 13.1. The van der Waals surface area contributed by atoms with E-state index in [0.29, 0.717) is 28.0 Å². The van der Waals surface area contributed by atoms with Gasteiger partial charge in [0.1, 0.15) is 17.1 Å². The highest BCUT2D eigenvalue weighted by Crippen LogP contribution is 2.34. The van der Waals surface area contributed by atoms with Crippen LogP contribution in [-0.4, -0.2) is 32.3 Å². The third kappa shape index (κ3) is 2.19. The van der Waals surface area contributed by atoms with Gasteiger partial charge in [-0.2, -0.15) is 0 Å². The number of carbonyl (C=O) groups is 1. The number of hydrogen-bond acceptors (Lipinski definition) is 5. The third-order valence-corrected chi connectivity index (χ3v) is 2.86. The summed E-state index contributed by atoms with van der Waals surface area (Å²) >= 11 is 0. The molecule has 1 heterocycles. The molecule has 0 bridgehead atoms. The fraction of sp³-hybridized carbons (Fsp3) is 0.286. The highest BCUT2D eigenvalue weighted by atomic mass is 16.5. The van der Waals surface area contributed by atoms with E-state index in [1.54, 1.807) is 25.3 Å². The van der Waals surface area contributed by atoms with Crippen molar-refractivity contribution in [2.45, 2.75) is 6.92 Å². The summed E-state index contributed by atoms with van der Waals surface area (Å²) in [6.07, 6.45) is 0. The number of aromatic nitrogens is 1. The van der Waals surface area contributed by atoms with E-state index >= 15 is 0 Å². The first-order valence-electron chi connectivity index (χ1n) is 5.73. The van der Waals surface area contributed by atoms with Gasteiger partial charge in [0.05, 0.1) is 32.2 Å². The van der Waals surface area contributed by atoms with Gasteiger partial charge in [0.25, 0.3) is 0 Å². The van der Waals surface area contributed by atoms with Crippen molar-refractivity contribution in [2.75, 3.05) is 21.3 Å². The predicted octanol–water partition coefficient (Wildman–Crippen LogP) is 2.35. The molecule has 19 heavy (non-hydrogen) atoms. The number of pyridine rings is 1. The third-order valence-electron chi connectivity index (χ3n) is 2.86. The zero-order valence-electron chi connectivity index (χ0n) is 11.3. The monoisotopic (exact) mass is 261 g/mol. The predicted molar refractivity (Wildman–Crippen MR) is 70.9 cm³/mol. The van der Waals surface area contributed by atoms with Crippen LogP contribution in [0.4, 0.5) is 0 Å². The van der Waals surface area contributed by atoms with Gasteiger partial charge in [-0.3, -0.25) is 4.98 Å². The molecule has 2 aromatic rings. The van der Waals surface area contributed by atoms with Crippen LogP contribution in [0, 0.1) is 6.92 Å². The highest BCUT2D eigenvalue weighted by molar-refractivity contribution is 6.08. The lowest BCUT2D eigenvalue weighted by Gasteiger charge is -2.13. The summed E-state index contributed by atoms with van der Waals surface area (Å²) in [6, 6.07) is 5.25. The number of carbonyl (C=O) groups excluding carboxylic acids is 1. The summed E-state index contributed by atoms with van der Waals surface area (Å²) in [7, 11) is 4.38. The van der Waals surface area contributed by atoms with Gasteiger partial charge >= 0.3 is 5.97 Å². The molecule has 0 saturated heterocycles. The molecule has 1 aromatic heterocycles. The Bertz CT molecular complexity index is 637. The molecule has 0 fully saturated rings. The molecule has 0 radical (unpaired) electrons. The second-order valence-electron chi connectivity index (χ2n) is 3.99. The molecule has 5 heteroatoms. The number of esters is 1. The lowest BCUT2D eigenvalue weighted by molar-refractivity contribution is 0.0599. The fourth-order valence-corrected chi connectivity index (χ4v) is 2.04. The van der Waals surface area contributed by atoms with E-state index in [2.05, 4.69) is 4.98 Å². The van der Waals surface area contributed by atoms with Crippen molar-refractivity contribution in [3.8, 4) is 11.5 Å². The smallest absolute Gasteiger partial charge is 0.342 e. The Kier molecular flexibility index (Phi) is 3.55. The first-order chi connectivity index (χ1) is 9.12. The number of benzene rings is 1. The number of rotatable bonds is 3. The molecule has 1 aromatic carbocycles. The van der Waals surface area contributed by atoms with E-state index in [-0.39, 0.29) is 0 Å². The van der Waals surface area contributed by atoms with Crippen LogP contribution in [0.25, 0.3) is 10.9 Å². The maximum absolute atomic E-state index is 12.0. The molecule has 5 nitrogen and oxygen atoms in total. The summed E-state index contributed by atoms with van der Waals surface area (Å²) in [6.45, 7) is 1.87. The van der Waals surface area contributed by atoms with Crippen molar-refractivity contribution in [2.24, 2.45) is 0 Å². The molecule has 0 unspecified atom stereocenters. The van der Waals surface area contributed by atoms with Crippen molar-refractivity contribution >= 4 is 16.9 Å². The first-order valence-corrected chi connectivity index (χ1v) is 5.73. The average molecular weight is 261 g/mol. The van der Waals surface area contributed by atoms with Gasteiger partial charge in [-0.15, -0.1) is 0 Å². The molecule has 2 rings (SSSR count). The van der Waals surface area contributed by atoms with E-state index < -0.39 is 5.97 Å². The van der Waals surface area contributed by atoms with Crippen molar-refractivity contribution < 1.29 is 19.0 Å². The Morgan fingerprint density at radius 1 is 1.11 bits per heavy atom. The molecule has 0 aliphatic rings. The number of nitrogens with zero attached hydrogens (tertiary/aromatic N) is 1. The number of hydrogen-bond donors (Lipinski definition) is 0. The van der Waals surface area contributed by atoms with Crippen LogP contribution in [0.1, 0.15) is 16.1 Å². The van der Waals surface area contributed by atoms with Crippen molar-refractivity contribution in [1.82, 2.24) is 4.98 Å². The highest BCUT2D eigenvalue weighted by Gasteiger charge is 2.21. The fourth-order valence-electron chi connectivity index (χ4n) is 2.04. The number of aryl methyl sites for hydroxylation is 1. The maximum Gasteiger partial charge on any atom is 0.342 e. The topological polar surface area (TPSA) is 57.7 Å². The molecular formula is C14H15NO4. The van der Waals surface area contributed by atoms with E-state index in [0.717, 1.165) is 5.69 Å². The van der Waals surface area contributed by atoms with Crippen LogP contribution in [0.3, 0.4) is 0 Å². The molecular weight excluding hydrogens is 246 g/mol. The van der Waals surface area contributed by atoms with Crippen molar-refractivity contribution in [3.63, 3.8) is 0 Å². The normalized spacial score (nSPS) is 10.3. The van der Waals surface area contributed by atoms with Crippen LogP contribution >= 0.6 is 0 Å². The van der Waals surface area contributed by atoms with Crippen LogP contribution in [0.15, 0.2) is 18.2 Å². The van der Waals surface area contributed by atoms with Gasteiger partial charge in [-0.25, -0.2) is 4.79 Å². The lowest BCUT2D eigenvalue weighted by Crippen LogP contribution is -2.06. The zero-order chi connectivity index (χ0) is 14.0. The summed E-state index contributed by atoms with van der Waals surface area (Å²) in [5, 5.41) is 0.597. The van der Waals surface area contributed by atoms with Crippen LogP contribution in [-0.2, 0) is 4.74 Å². The van der Waals surface area contributed by atoms with E-state index in [1.807, 2.05) is 6.92 Å². The second-order valence-corrected chi connectivity index (χ2v) is 3.99. The van der Waals surface area contributed by atoms with Crippen molar-refractivity contribution in [1.29, 1.82) is 0 Å². The quantitative estimate of drug-likeness (QED) is 0.794. The minimum absolute atomic E-state index is 0.326. The summed E-state index contributed by atoms with van der Waals surface area (Å²) < 4.78 is 15.4. The van der Waals surface area contributed by atoms with Crippen LogP contribution < -0.4 is 9.47 Å². The Morgan fingerprint density at radius 2 is 1.79 bits per heavy atom. The summed E-state index contributed by atoms with van der Waals surface area (Å²) in [4.78, 5) is 16.4. The van der Waals surface area contributed by atoms with E-state index in [9.17, 15) is 4.79 Å². The Labute approximate surface area is 111 Å². The molecule has 0 atom stereocenters. The average Bonchev–Trinajstić information content (AvgIpc) is 2.44. The molecule has 0 aliphatic carbocycles. The summed E-state index contributed by atoms with van der Waals surface area (Å²) in [5.74, 6) is 0.525. The van der Waals surface area contributed by atoms with Gasteiger partial charge in [0.15, 0.2) is 0 Å². The van der Waals surface area contributed by atoms with Gasteiger partial charge in [-0.05, 0) is 19.1 Å². The minimum atomic E-state index is -0.480. The lowest BCUT2D eigenvalue weighted by atomic mass is 10.1. The Morgan fingerprint density at radius 3 is 2.37 bits per heavy atom. The van der Waals surface area contributed by atoms with Gasteiger partial charge < -0.3 is 14.2 Å². The van der Waals surface area contributed by atoms with Gasteiger partial charge in [0.2, 0.25) is 0 Å². The molecule has 0 N–H and O–H groups in total.